The zero-order valence-corrected chi connectivity index (χ0v) is 21.8. The van der Waals surface area contributed by atoms with Gasteiger partial charge in [-0.15, -0.1) is 0 Å². The Morgan fingerprint density at radius 3 is 2.37 bits per heavy atom. The van der Waals surface area contributed by atoms with Gasteiger partial charge in [-0.3, -0.25) is 4.79 Å². The molecule has 0 saturated carbocycles. The first-order valence-electron chi connectivity index (χ1n) is 12.6. The van der Waals surface area contributed by atoms with Crippen LogP contribution in [0, 0.1) is 5.92 Å². The van der Waals surface area contributed by atoms with Crippen molar-refractivity contribution in [2.75, 3.05) is 34.4 Å². The zero-order valence-electron chi connectivity index (χ0n) is 20.2. The molecule has 2 aromatic carbocycles. The van der Waals surface area contributed by atoms with E-state index in [2.05, 4.69) is 64.5 Å². The summed E-state index contributed by atoms with van der Waals surface area (Å²) in [6.45, 7) is 4.04. The summed E-state index contributed by atoms with van der Waals surface area (Å²) in [6.07, 6.45) is 4.66. The number of aliphatic imine (C=N–C) groups is 1. The van der Waals surface area contributed by atoms with Crippen LogP contribution in [-0.4, -0.2) is 55.4 Å². The lowest BCUT2D eigenvalue weighted by Crippen LogP contribution is -2.38. The first-order valence-corrected chi connectivity index (χ1v) is 15.3. The Kier molecular flexibility index (Phi) is 7.21. The van der Waals surface area contributed by atoms with Crippen LogP contribution in [0.25, 0.3) is 0 Å². The summed E-state index contributed by atoms with van der Waals surface area (Å²) in [4.78, 5) is 21.1. The van der Waals surface area contributed by atoms with Crippen LogP contribution in [0.1, 0.15) is 38.2 Å². The molecule has 1 amide bonds. The quantitative estimate of drug-likeness (QED) is 0.567. The first kappa shape index (κ1) is 24.4. The Morgan fingerprint density at radius 1 is 1.00 bits per heavy atom. The largest absolute Gasteiger partial charge is 0.372 e. The van der Waals surface area contributed by atoms with Gasteiger partial charge >= 0.3 is 0 Å². The highest BCUT2D eigenvalue weighted by atomic mass is 32.2. The highest BCUT2D eigenvalue weighted by Gasteiger charge is 2.49. The van der Waals surface area contributed by atoms with Gasteiger partial charge in [-0.1, -0.05) is 49.0 Å². The molecule has 0 radical (unpaired) electrons. The van der Waals surface area contributed by atoms with Crippen LogP contribution in [0.3, 0.4) is 0 Å². The number of carbonyl (C=O) groups excluding carboxylic acids is 1. The first-order chi connectivity index (χ1) is 16.9. The molecular formula is C27H33N3O3S2. The third-order valence-electron chi connectivity index (χ3n) is 7.23. The average molecular weight is 512 g/mol. The minimum atomic E-state index is -3.07. The van der Waals surface area contributed by atoms with Gasteiger partial charge in [-0.25, -0.2) is 8.42 Å². The van der Waals surface area contributed by atoms with E-state index in [9.17, 15) is 13.2 Å². The minimum Gasteiger partial charge on any atom is -0.372 e. The number of fused-ring (bicyclic) bond motifs is 1. The summed E-state index contributed by atoms with van der Waals surface area (Å²) in [5, 5.41) is 0.569. The van der Waals surface area contributed by atoms with Gasteiger partial charge in [0.2, 0.25) is 5.91 Å². The SMILES string of the molecule is CCCC(=O)N=C1S[C@H]2CS(=O)(=O)C[C@H]2N1c1ccc(N2CCC(Cc3ccccc3)CC2)cc1. The molecule has 3 saturated heterocycles. The Morgan fingerprint density at radius 2 is 1.69 bits per heavy atom. The predicted octanol–water partition coefficient (Wildman–Crippen LogP) is 4.55. The number of carbonyl (C=O) groups is 1. The lowest BCUT2D eigenvalue weighted by molar-refractivity contribution is -0.117. The van der Waals surface area contributed by atoms with Crippen molar-refractivity contribution in [2.45, 2.75) is 50.3 Å². The second kappa shape index (κ2) is 10.3. The third kappa shape index (κ3) is 5.59. The number of sulfone groups is 1. The van der Waals surface area contributed by atoms with E-state index in [0.29, 0.717) is 11.6 Å². The van der Waals surface area contributed by atoms with Crippen LogP contribution in [0.4, 0.5) is 11.4 Å². The molecule has 0 N–H and O–H groups in total. The Hall–Kier alpha value is -2.32. The molecule has 5 rings (SSSR count). The molecule has 2 aromatic rings. The van der Waals surface area contributed by atoms with Gasteiger partial charge in [0.05, 0.1) is 17.5 Å². The fraction of sp³-hybridized carbons (Fsp3) is 0.481. The Balaban J connectivity index is 1.28. The van der Waals surface area contributed by atoms with Crippen molar-refractivity contribution in [3.8, 4) is 0 Å². The maximum absolute atomic E-state index is 12.3. The van der Waals surface area contributed by atoms with Crippen molar-refractivity contribution < 1.29 is 13.2 Å². The highest BCUT2D eigenvalue weighted by Crippen LogP contribution is 2.41. The average Bonchev–Trinajstić information content (AvgIpc) is 3.31. The van der Waals surface area contributed by atoms with E-state index >= 15 is 0 Å². The van der Waals surface area contributed by atoms with Gasteiger partial charge in [0.1, 0.15) is 0 Å². The van der Waals surface area contributed by atoms with E-state index in [1.807, 2.05) is 11.8 Å². The number of amides is 1. The monoisotopic (exact) mass is 511 g/mol. The minimum absolute atomic E-state index is 0.0727. The molecule has 186 valence electrons. The molecule has 6 nitrogen and oxygen atoms in total. The standard InChI is InChI=1S/C27H33N3O3S2/c1-2-6-26(31)28-27-30(24-18-35(32,33)19-25(24)34-27)23-11-9-22(10-12-23)29-15-13-21(14-16-29)17-20-7-4-3-5-8-20/h3-5,7-12,21,24-25H,2,6,13-19H2,1H3/t24-,25+/m1/s1. The van der Waals surface area contributed by atoms with E-state index in [1.165, 1.54) is 35.9 Å². The van der Waals surface area contributed by atoms with Gasteiger partial charge in [0.25, 0.3) is 0 Å². The number of piperidine rings is 1. The summed E-state index contributed by atoms with van der Waals surface area (Å²) in [7, 11) is -3.07. The number of rotatable bonds is 6. The van der Waals surface area contributed by atoms with E-state index in [0.717, 1.165) is 37.5 Å². The molecule has 0 aliphatic carbocycles. The molecule has 0 aromatic heterocycles. The Bertz CT molecular complexity index is 1170. The van der Waals surface area contributed by atoms with Crippen LogP contribution >= 0.6 is 11.8 Å². The van der Waals surface area contributed by atoms with E-state index < -0.39 is 9.84 Å². The second-order valence-electron chi connectivity index (χ2n) is 9.85. The fourth-order valence-corrected chi connectivity index (χ4v) is 9.34. The lowest BCUT2D eigenvalue weighted by atomic mass is 9.90. The van der Waals surface area contributed by atoms with E-state index in [1.54, 1.807) is 0 Å². The van der Waals surface area contributed by atoms with Crippen molar-refractivity contribution in [3.63, 3.8) is 0 Å². The number of amidine groups is 1. The maximum atomic E-state index is 12.3. The summed E-state index contributed by atoms with van der Waals surface area (Å²) in [5.41, 5.74) is 3.52. The maximum Gasteiger partial charge on any atom is 0.248 e. The number of nitrogens with zero attached hydrogens (tertiary/aromatic N) is 3. The topological polar surface area (TPSA) is 70.0 Å². The van der Waals surface area contributed by atoms with Crippen molar-refractivity contribution in [2.24, 2.45) is 10.9 Å². The van der Waals surface area contributed by atoms with Crippen LogP contribution in [-0.2, 0) is 21.1 Å². The van der Waals surface area contributed by atoms with Gasteiger partial charge in [0.15, 0.2) is 15.0 Å². The normalized spacial score (nSPS) is 25.2. The van der Waals surface area contributed by atoms with Crippen LogP contribution in [0.2, 0.25) is 0 Å². The van der Waals surface area contributed by atoms with Crippen molar-refractivity contribution in [1.82, 2.24) is 0 Å². The number of hydrogen-bond donors (Lipinski definition) is 0. The molecule has 2 atom stereocenters. The summed E-state index contributed by atoms with van der Waals surface area (Å²) in [5.74, 6) is 0.839. The van der Waals surface area contributed by atoms with E-state index in [4.69, 9.17) is 0 Å². The predicted molar refractivity (Wildman–Crippen MR) is 145 cm³/mol. The van der Waals surface area contributed by atoms with Gasteiger partial charge in [-0.05, 0) is 61.4 Å². The molecule has 0 unspecified atom stereocenters. The van der Waals surface area contributed by atoms with Crippen LogP contribution < -0.4 is 9.80 Å². The molecule has 3 fully saturated rings. The molecule has 0 spiro atoms. The van der Waals surface area contributed by atoms with Crippen molar-refractivity contribution in [1.29, 1.82) is 0 Å². The summed E-state index contributed by atoms with van der Waals surface area (Å²) >= 11 is 1.44. The molecule has 3 heterocycles. The summed E-state index contributed by atoms with van der Waals surface area (Å²) < 4.78 is 24.6. The molecular weight excluding hydrogens is 478 g/mol. The third-order valence-corrected chi connectivity index (χ3v) is 10.4. The second-order valence-corrected chi connectivity index (χ2v) is 13.2. The van der Waals surface area contributed by atoms with E-state index in [-0.39, 0.29) is 28.7 Å². The van der Waals surface area contributed by atoms with Gasteiger partial charge in [-0.2, -0.15) is 4.99 Å². The lowest BCUT2D eigenvalue weighted by Gasteiger charge is -2.34. The number of hydrogen-bond acceptors (Lipinski definition) is 5. The molecule has 35 heavy (non-hydrogen) atoms. The molecule has 3 aliphatic rings. The van der Waals surface area contributed by atoms with Gasteiger partial charge in [0, 0.05) is 36.1 Å². The summed E-state index contributed by atoms with van der Waals surface area (Å²) in [6, 6.07) is 18.9. The fourth-order valence-electron chi connectivity index (χ4n) is 5.41. The number of anilines is 2. The van der Waals surface area contributed by atoms with Crippen LogP contribution in [0.15, 0.2) is 59.6 Å². The molecule has 8 heteroatoms. The highest BCUT2D eigenvalue weighted by molar-refractivity contribution is 8.16. The number of benzene rings is 2. The zero-order chi connectivity index (χ0) is 24.4. The Labute approximate surface area is 212 Å². The van der Waals surface area contributed by atoms with Crippen molar-refractivity contribution >= 4 is 44.0 Å². The van der Waals surface area contributed by atoms with Crippen molar-refractivity contribution in [3.05, 3.63) is 60.2 Å². The van der Waals surface area contributed by atoms with Gasteiger partial charge < -0.3 is 9.80 Å². The number of thioether (sulfide) groups is 1. The van der Waals surface area contributed by atoms with Crippen LogP contribution in [0.5, 0.6) is 0 Å². The molecule has 0 bridgehead atoms. The smallest absolute Gasteiger partial charge is 0.248 e. The molecule has 3 aliphatic heterocycles.